The van der Waals surface area contributed by atoms with Crippen molar-refractivity contribution >= 4 is 40.9 Å². The van der Waals surface area contributed by atoms with Gasteiger partial charge < -0.3 is 19.7 Å². The van der Waals surface area contributed by atoms with Gasteiger partial charge in [0.05, 0.1) is 5.02 Å². The summed E-state index contributed by atoms with van der Waals surface area (Å²) in [6.07, 6.45) is 3.88. The van der Waals surface area contributed by atoms with Crippen LogP contribution in [0, 0.1) is 0 Å². The Morgan fingerprint density at radius 2 is 2.07 bits per heavy atom. The summed E-state index contributed by atoms with van der Waals surface area (Å²) in [4.78, 5) is 25.6. The lowest BCUT2D eigenvalue weighted by molar-refractivity contribution is -0.116. The van der Waals surface area contributed by atoms with Gasteiger partial charge in [-0.3, -0.25) is 9.59 Å². The number of hydrogen-bond acceptors (Lipinski definition) is 4. The summed E-state index contributed by atoms with van der Waals surface area (Å²) in [6.45, 7) is 2.37. The molecule has 0 fully saturated rings. The van der Waals surface area contributed by atoms with Gasteiger partial charge in [-0.05, 0) is 54.0 Å². The number of amides is 2. The second-order valence-corrected chi connectivity index (χ2v) is 6.73. The maximum Gasteiger partial charge on any atom is 0.248 e. The second kappa shape index (κ2) is 6.96. The van der Waals surface area contributed by atoms with Crippen LogP contribution in [-0.2, 0) is 16.0 Å². The molecule has 0 atom stereocenters. The fourth-order valence-electron chi connectivity index (χ4n) is 3.25. The van der Waals surface area contributed by atoms with Crippen LogP contribution in [0.1, 0.15) is 18.1 Å². The first-order valence-electron chi connectivity index (χ1n) is 8.50. The molecule has 0 saturated heterocycles. The molecule has 0 unspecified atom stereocenters. The van der Waals surface area contributed by atoms with Gasteiger partial charge in [-0.2, -0.15) is 0 Å². The summed E-state index contributed by atoms with van der Waals surface area (Å²) in [5, 5.41) is 3.28. The summed E-state index contributed by atoms with van der Waals surface area (Å²) in [7, 11) is 0. The van der Waals surface area contributed by atoms with Crippen LogP contribution < -0.4 is 19.7 Å². The average Bonchev–Trinajstić information content (AvgIpc) is 3.26. The molecule has 27 heavy (non-hydrogen) atoms. The first-order valence-corrected chi connectivity index (χ1v) is 8.88. The molecule has 0 aliphatic carbocycles. The molecule has 0 bridgehead atoms. The van der Waals surface area contributed by atoms with Crippen LogP contribution in [0.15, 0.2) is 36.4 Å². The number of rotatable bonds is 3. The standard InChI is InChI=1S/C20H17ClN2O4/c1-12(24)23-7-6-14-10-15(3-4-17(14)23)22-19(25)5-2-13-8-16(21)20-18(9-13)26-11-27-20/h2-5,8-10H,6-7,11H2,1H3,(H,22,25)/b5-2+. The highest BCUT2D eigenvalue weighted by Crippen LogP contribution is 2.40. The minimum atomic E-state index is -0.259. The van der Waals surface area contributed by atoms with Crippen LogP contribution in [0.2, 0.25) is 5.02 Å². The monoisotopic (exact) mass is 384 g/mol. The number of fused-ring (bicyclic) bond motifs is 2. The quantitative estimate of drug-likeness (QED) is 0.820. The lowest BCUT2D eigenvalue weighted by atomic mass is 10.1. The highest BCUT2D eigenvalue weighted by Gasteiger charge is 2.22. The molecule has 138 valence electrons. The molecule has 2 aliphatic rings. The third kappa shape index (κ3) is 3.48. The Kier molecular flexibility index (Phi) is 4.49. The topological polar surface area (TPSA) is 67.9 Å². The molecule has 2 aromatic rings. The number of carbonyl (C=O) groups excluding carboxylic acids is 2. The third-order valence-electron chi connectivity index (χ3n) is 4.50. The van der Waals surface area contributed by atoms with E-state index in [1.807, 2.05) is 12.1 Å². The van der Waals surface area contributed by atoms with E-state index in [0.717, 1.165) is 23.2 Å². The maximum atomic E-state index is 12.2. The van der Waals surface area contributed by atoms with Crippen molar-refractivity contribution in [2.45, 2.75) is 13.3 Å². The van der Waals surface area contributed by atoms with Gasteiger partial charge in [-0.15, -0.1) is 0 Å². The van der Waals surface area contributed by atoms with E-state index in [1.165, 1.54) is 6.08 Å². The number of nitrogens with zero attached hydrogens (tertiary/aromatic N) is 1. The Bertz CT molecular complexity index is 971. The summed E-state index contributed by atoms with van der Waals surface area (Å²) < 4.78 is 10.6. The van der Waals surface area contributed by atoms with E-state index in [9.17, 15) is 9.59 Å². The van der Waals surface area contributed by atoms with Crippen LogP contribution >= 0.6 is 11.6 Å². The molecule has 1 N–H and O–H groups in total. The molecule has 2 heterocycles. The molecule has 6 nitrogen and oxygen atoms in total. The SMILES string of the molecule is CC(=O)N1CCc2cc(NC(=O)/C=C/c3cc(Cl)c4c(c3)OCO4)ccc21. The molecule has 0 radical (unpaired) electrons. The third-order valence-corrected chi connectivity index (χ3v) is 4.78. The van der Waals surface area contributed by atoms with E-state index in [1.54, 1.807) is 36.1 Å². The molecule has 2 aromatic carbocycles. The molecule has 2 aliphatic heterocycles. The van der Waals surface area contributed by atoms with Gasteiger partial charge in [0.1, 0.15) is 0 Å². The molecular weight excluding hydrogens is 368 g/mol. The first kappa shape index (κ1) is 17.4. The van der Waals surface area contributed by atoms with Crippen molar-refractivity contribution in [1.82, 2.24) is 0 Å². The molecule has 7 heteroatoms. The van der Waals surface area contributed by atoms with Crippen molar-refractivity contribution in [1.29, 1.82) is 0 Å². The molecule has 0 spiro atoms. The summed E-state index contributed by atoms with van der Waals surface area (Å²) >= 11 is 6.14. The highest BCUT2D eigenvalue weighted by atomic mass is 35.5. The van der Waals surface area contributed by atoms with Crippen molar-refractivity contribution in [2.24, 2.45) is 0 Å². The zero-order valence-electron chi connectivity index (χ0n) is 14.6. The maximum absolute atomic E-state index is 12.2. The van der Waals surface area contributed by atoms with Crippen LogP contribution in [0.5, 0.6) is 11.5 Å². The Labute approximate surface area is 161 Å². The van der Waals surface area contributed by atoms with E-state index < -0.39 is 0 Å². The van der Waals surface area contributed by atoms with Crippen molar-refractivity contribution < 1.29 is 19.1 Å². The van der Waals surface area contributed by atoms with Crippen molar-refractivity contribution in [2.75, 3.05) is 23.6 Å². The number of benzene rings is 2. The van der Waals surface area contributed by atoms with Gasteiger partial charge in [0, 0.05) is 30.9 Å². The Hall–Kier alpha value is -2.99. The molecule has 0 aromatic heterocycles. The van der Waals surface area contributed by atoms with Crippen LogP contribution in [0.3, 0.4) is 0 Å². The minimum absolute atomic E-state index is 0.0239. The first-order chi connectivity index (χ1) is 13.0. The van der Waals surface area contributed by atoms with E-state index in [2.05, 4.69) is 5.32 Å². The largest absolute Gasteiger partial charge is 0.454 e. The average molecular weight is 385 g/mol. The highest BCUT2D eigenvalue weighted by molar-refractivity contribution is 6.32. The predicted molar refractivity (Wildman–Crippen MR) is 103 cm³/mol. The second-order valence-electron chi connectivity index (χ2n) is 6.32. The van der Waals surface area contributed by atoms with Crippen LogP contribution in [-0.4, -0.2) is 25.2 Å². The fourth-order valence-corrected chi connectivity index (χ4v) is 3.52. The summed E-state index contributed by atoms with van der Waals surface area (Å²) in [5.74, 6) is 0.855. The van der Waals surface area contributed by atoms with Gasteiger partial charge in [-0.25, -0.2) is 0 Å². The Morgan fingerprint density at radius 3 is 2.89 bits per heavy atom. The molecule has 4 rings (SSSR count). The van der Waals surface area contributed by atoms with Gasteiger partial charge in [0.15, 0.2) is 11.5 Å². The number of nitrogens with one attached hydrogen (secondary N) is 1. The van der Waals surface area contributed by atoms with Crippen molar-refractivity contribution in [3.63, 3.8) is 0 Å². The van der Waals surface area contributed by atoms with E-state index in [4.69, 9.17) is 21.1 Å². The van der Waals surface area contributed by atoms with E-state index in [0.29, 0.717) is 28.8 Å². The van der Waals surface area contributed by atoms with Gasteiger partial charge >= 0.3 is 0 Å². The normalized spacial score (nSPS) is 14.5. The predicted octanol–water partition coefficient (Wildman–Crippen LogP) is 3.63. The Morgan fingerprint density at radius 1 is 1.22 bits per heavy atom. The molecule has 2 amide bonds. The number of hydrogen-bond donors (Lipinski definition) is 1. The number of anilines is 2. The number of carbonyl (C=O) groups is 2. The van der Waals surface area contributed by atoms with E-state index >= 15 is 0 Å². The molecular formula is C20H17ClN2O4. The van der Waals surface area contributed by atoms with Gasteiger partial charge in [0.25, 0.3) is 0 Å². The smallest absolute Gasteiger partial charge is 0.248 e. The van der Waals surface area contributed by atoms with Gasteiger partial charge in [0.2, 0.25) is 18.6 Å². The lowest BCUT2D eigenvalue weighted by Gasteiger charge is -2.14. The van der Waals surface area contributed by atoms with Crippen molar-refractivity contribution in [3.8, 4) is 11.5 Å². The van der Waals surface area contributed by atoms with Crippen LogP contribution in [0.25, 0.3) is 6.08 Å². The number of halogens is 1. The Balaban J connectivity index is 1.45. The fraction of sp³-hybridized carbons (Fsp3) is 0.200. The van der Waals surface area contributed by atoms with Crippen LogP contribution in [0.4, 0.5) is 11.4 Å². The summed E-state index contributed by atoms with van der Waals surface area (Å²) in [5.41, 5.74) is 3.39. The zero-order valence-corrected chi connectivity index (χ0v) is 15.4. The minimum Gasteiger partial charge on any atom is -0.454 e. The summed E-state index contributed by atoms with van der Waals surface area (Å²) in [6, 6.07) is 9.04. The van der Waals surface area contributed by atoms with Crippen molar-refractivity contribution in [3.05, 3.63) is 52.6 Å². The lowest BCUT2D eigenvalue weighted by Crippen LogP contribution is -2.25. The van der Waals surface area contributed by atoms with E-state index in [-0.39, 0.29) is 18.6 Å². The molecule has 0 saturated carbocycles. The number of ether oxygens (including phenoxy) is 2. The van der Waals surface area contributed by atoms with Gasteiger partial charge in [-0.1, -0.05) is 11.6 Å². The zero-order chi connectivity index (χ0) is 19.0.